The van der Waals surface area contributed by atoms with Gasteiger partial charge in [0.15, 0.2) is 0 Å². The van der Waals surface area contributed by atoms with Gasteiger partial charge >= 0.3 is 0 Å². The topological polar surface area (TPSA) is 71.1 Å². The third kappa shape index (κ3) is 4.30. The second-order valence-corrected chi connectivity index (χ2v) is 12.0. The van der Waals surface area contributed by atoms with Gasteiger partial charge < -0.3 is 10.6 Å². The van der Waals surface area contributed by atoms with Crippen LogP contribution >= 0.6 is 11.3 Å². The van der Waals surface area contributed by atoms with E-state index in [1.165, 1.54) is 24.0 Å². The molecule has 1 heterocycles. The highest BCUT2D eigenvalue weighted by Gasteiger charge is 2.55. The van der Waals surface area contributed by atoms with E-state index in [1.807, 2.05) is 32.0 Å². The molecular weight excluding hydrogens is 418 g/mol. The Bertz CT molecular complexity index is 930. The first-order valence-corrected chi connectivity index (χ1v) is 13.2. The molecule has 1 atom stereocenters. The average Bonchev–Trinajstić information content (AvgIpc) is 3.16. The Balaban J connectivity index is 1.14. The van der Waals surface area contributed by atoms with Gasteiger partial charge in [-0.05, 0) is 80.8 Å². The van der Waals surface area contributed by atoms with Crippen molar-refractivity contribution in [3.63, 3.8) is 0 Å². The minimum atomic E-state index is -0.460. The molecule has 4 fully saturated rings. The summed E-state index contributed by atoms with van der Waals surface area (Å²) in [7, 11) is 0. The number of carbonyl (C=O) groups excluding carboxylic acids is 2. The highest BCUT2D eigenvalue weighted by atomic mass is 32.1. The fraction of sp³-hybridized carbons (Fsp3) is 0.654. The van der Waals surface area contributed by atoms with Gasteiger partial charge in [-0.3, -0.25) is 9.59 Å². The summed E-state index contributed by atoms with van der Waals surface area (Å²) in [4.78, 5) is 31.0. The summed E-state index contributed by atoms with van der Waals surface area (Å²) in [5, 5.41) is 7.37. The molecule has 0 saturated heterocycles. The Labute approximate surface area is 194 Å². The molecule has 6 heteroatoms. The average molecular weight is 454 g/mol. The van der Waals surface area contributed by atoms with Crippen molar-refractivity contribution < 1.29 is 9.59 Å². The number of thiazole rings is 1. The Morgan fingerprint density at radius 3 is 2.38 bits per heavy atom. The van der Waals surface area contributed by atoms with Crippen LogP contribution in [0.1, 0.15) is 63.8 Å². The molecule has 4 saturated carbocycles. The standard InChI is InChI=1S/C26H35N3O2S/c1-16(2)23(29-25(31)26-13-17-10-18(14-26)12-19(11-17)15-26)24(30)27-9-5-8-22-28-20-6-3-4-7-21(20)32-22/h3-4,6-7,16-19,23H,5,8-15H2,1-2H3,(H,27,30)(H,29,31). The van der Waals surface area contributed by atoms with Crippen molar-refractivity contribution >= 4 is 33.4 Å². The molecule has 0 aliphatic heterocycles. The second-order valence-electron chi connectivity index (χ2n) is 10.9. The Morgan fingerprint density at radius 2 is 1.75 bits per heavy atom. The van der Waals surface area contributed by atoms with E-state index in [9.17, 15) is 9.59 Å². The zero-order valence-electron chi connectivity index (χ0n) is 19.2. The molecule has 4 aliphatic carbocycles. The van der Waals surface area contributed by atoms with E-state index >= 15 is 0 Å². The number of rotatable bonds is 8. The fourth-order valence-electron chi connectivity index (χ4n) is 6.81. The summed E-state index contributed by atoms with van der Waals surface area (Å²) < 4.78 is 1.21. The van der Waals surface area contributed by atoms with E-state index in [2.05, 4.69) is 21.7 Å². The van der Waals surface area contributed by atoms with Crippen molar-refractivity contribution in [2.45, 2.75) is 71.3 Å². The number of aryl methyl sites for hydroxylation is 1. The van der Waals surface area contributed by atoms with Crippen LogP contribution in [0.2, 0.25) is 0 Å². The zero-order valence-corrected chi connectivity index (χ0v) is 20.0. The Morgan fingerprint density at radius 1 is 1.09 bits per heavy atom. The number of benzene rings is 1. The van der Waals surface area contributed by atoms with E-state index in [0.717, 1.165) is 60.4 Å². The van der Waals surface area contributed by atoms with Gasteiger partial charge in [0.1, 0.15) is 6.04 Å². The Kier molecular flexibility index (Phi) is 5.99. The number of nitrogens with one attached hydrogen (secondary N) is 2. The van der Waals surface area contributed by atoms with Crippen LogP contribution in [-0.4, -0.2) is 29.4 Å². The van der Waals surface area contributed by atoms with Crippen LogP contribution in [0.25, 0.3) is 10.2 Å². The molecule has 2 amide bonds. The molecule has 0 spiro atoms. The monoisotopic (exact) mass is 453 g/mol. The lowest BCUT2D eigenvalue weighted by molar-refractivity contribution is -0.149. The largest absolute Gasteiger partial charge is 0.354 e. The predicted molar refractivity (Wildman–Crippen MR) is 128 cm³/mol. The van der Waals surface area contributed by atoms with Gasteiger partial charge in [0, 0.05) is 18.4 Å². The maximum absolute atomic E-state index is 13.4. The minimum Gasteiger partial charge on any atom is -0.354 e. The molecule has 0 radical (unpaired) electrons. The summed E-state index contributed by atoms with van der Waals surface area (Å²) in [6.45, 7) is 4.64. The molecule has 1 unspecified atom stereocenters. The molecule has 6 rings (SSSR count). The van der Waals surface area contributed by atoms with E-state index in [4.69, 9.17) is 0 Å². The first-order chi connectivity index (χ1) is 15.4. The molecule has 2 aromatic rings. The van der Waals surface area contributed by atoms with E-state index in [-0.39, 0.29) is 23.1 Å². The van der Waals surface area contributed by atoms with Crippen LogP contribution in [0.4, 0.5) is 0 Å². The number of amides is 2. The predicted octanol–water partition coefficient (Wildman–Crippen LogP) is 4.70. The van der Waals surface area contributed by atoms with Crippen LogP contribution in [0, 0.1) is 29.1 Å². The van der Waals surface area contributed by atoms with Crippen molar-refractivity contribution in [3.8, 4) is 0 Å². The quantitative estimate of drug-likeness (QED) is 0.569. The summed E-state index contributed by atoms with van der Waals surface area (Å²) >= 11 is 1.72. The minimum absolute atomic E-state index is 0.0534. The van der Waals surface area contributed by atoms with Gasteiger partial charge in [0.2, 0.25) is 11.8 Å². The van der Waals surface area contributed by atoms with Crippen LogP contribution in [0.3, 0.4) is 0 Å². The fourth-order valence-corrected chi connectivity index (χ4v) is 7.82. The number of aromatic nitrogens is 1. The number of fused-ring (bicyclic) bond motifs is 1. The van der Waals surface area contributed by atoms with Crippen molar-refractivity contribution in [3.05, 3.63) is 29.3 Å². The normalized spacial score (nSPS) is 29.4. The molecule has 32 heavy (non-hydrogen) atoms. The number of para-hydroxylation sites is 1. The van der Waals surface area contributed by atoms with E-state index in [0.29, 0.717) is 6.54 Å². The maximum atomic E-state index is 13.4. The van der Waals surface area contributed by atoms with E-state index in [1.54, 1.807) is 11.3 Å². The van der Waals surface area contributed by atoms with Crippen LogP contribution < -0.4 is 10.6 Å². The molecule has 1 aromatic heterocycles. The first kappa shape index (κ1) is 21.9. The summed E-state index contributed by atoms with van der Waals surface area (Å²) in [5.74, 6) is 2.32. The second kappa shape index (κ2) is 8.77. The van der Waals surface area contributed by atoms with Crippen LogP contribution in [-0.2, 0) is 16.0 Å². The van der Waals surface area contributed by atoms with Crippen molar-refractivity contribution in [1.29, 1.82) is 0 Å². The number of hydrogen-bond acceptors (Lipinski definition) is 4. The van der Waals surface area contributed by atoms with Gasteiger partial charge in [-0.25, -0.2) is 4.98 Å². The smallest absolute Gasteiger partial charge is 0.242 e. The molecule has 4 aliphatic rings. The lowest BCUT2D eigenvalue weighted by Crippen LogP contribution is -2.58. The van der Waals surface area contributed by atoms with Crippen molar-refractivity contribution in [2.75, 3.05) is 6.54 Å². The molecule has 1 aromatic carbocycles. The first-order valence-electron chi connectivity index (χ1n) is 12.3. The van der Waals surface area contributed by atoms with Gasteiger partial charge in [-0.2, -0.15) is 0 Å². The molecule has 4 bridgehead atoms. The molecule has 2 N–H and O–H groups in total. The number of hydrogen-bond donors (Lipinski definition) is 2. The summed E-state index contributed by atoms with van der Waals surface area (Å²) in [5.41, 5.74) is 0.832. The van der Waals surface area contributed by atoms with Gasteiger partial charge in [-0.1, -0.05) is 26.0 Å². The number of carbonyl (C=O) groups is 2. The third-order valence-electron chi connectivity index (χ3n) is 7.96. The maximum Gasteiger partial charge on any atom is 0.242 e. The lowest BCUT2D eigenvalue weighted by Gasteiger charge is -2.55. The lowest BCUT2D eigenvalue weighted by atomic mass is 9.49. The third-order valence-corrected chi connectivity index (χ3v) is 9.06. The Hall–Kier alpha value is -1.95. The van der Waals surface area contributed by atoms with E-state index < -0.39 is 6.04 Å². The van der Waals surface area contributed by atoms with Crippen LogP contribution in [0.5, 0.6) is 0 Å². The SMILES string of the molecule is CC(C)C(NC(=O)C12CC3CC(CC(C3)C1)C2)C(=O)NCCCc1nc2ccccc2s1. The summed E-state index contributed by atoms with van der Waals surface area (Å²) in [6, 6.07) is 7.72. The zero-order chi connectivity index (χ0) is 22.3. The van der Waals surface area contributed by atoms with Gasteiger partial charge in [-0.15, -0.1) is 11.3 Å². The molecule has 5 nitrogen and oxygen atoms in total. The molecular formula is C26H35N3O2S. The van der Waals surface area contributed by atoms with Gasteiger partial charge in [0.25, 0.3) is 0 Å². The van der Waals surface area contributed by atoms with Crippen molar-refractivity contribution in [1.82, 2.24) is 15.6 Å². The summed E-state index contributed by atoms with van der Waals surface area (Å²) in [6.07, 6.45) is 8.73. The van der Waals surface area contributed by atoms with Crippen LogP contribution in [0.15, 0.2) is 24.3 Å². The van der Waals surface area contributed by atoms with Crippen molar-refractivity contribution in [2.24, 2.45) is 29.1 Å². The molecule has 172 valence electrons. The highest BCUT2D eigenvalue weighted by Crippen LogP contribution is 2.60. The van der Waals surface area contributed by atoms with Gasteiger partial charge in [0.05, 0.1) is 15.2 Å². The number of nitrogens with zero attached hydrogens (tertiary/aromatic N) is 1. The highest BCUT2D eigenvalue weighted by molar-refractivity contribution is 7.18.